The average molecular weight is 1320 g/mol. The summed E-state index contributed by atoms with van der Waals surface area (Å²) in [6.07, 6.45) is 8.76. The number of nitrogens with zero attached hydrogens (tertiary/aromatic N) is 6. The zero-order valence-electron chi connectivity index (χ0n) is 54.0. The topological polar surface area (TPSA) is 344 Å². The van der Waals surface area contributed by atoms with E-state index in [9.17, 15) is 47.9 Å². The number of benzene rings is 2. The second-order valence-electron chi connectivity index (χ2n) is 24.4. The summed E-state index contributed by atoms with van der Waals surface area (Å²) in [5.41, 5.74) is 8.47. The molecule has 4 fully saturated rings. The van der Waals surface area contributed by atoms with Crippen molar-refractivity contribution in [3.05, 3.63) is 60.7 Å². The van der Waals surface area contributed by atoms with Crippen LogP contribution in [0.3, 0.4) is 0 Å². The van der Waals surface area contributed by atoms with Crippen LogP contribution in [0.15, 0.2) is 60.7 Å². The molecular weight excluding hydrogens is 1230 g/mol. The van der Waals surface area contributed by atoms with Crippen LogP contribution in [0.25, 0.3) is 22.5 Å². The van der Waals surface area contributed by atoms with E-state index in [4.69, 9.17) is 5.73 Å². The van der Waals surface area contributed by atoms with Crippen molar-refractivity contribution >= 4 is 102 Å². The van der Waals surface area contributed by atoms with Crippen LogP contribution in [-0.2, 0) is 38.4 Å². The number of carbonyl (C=O) groups excluding carboxylic acids is 10. The molecule has 93 heavy (non-hydrogen) atoms. The van der Waals surface area contributed by atoms with Crippen molar-refractivity contribution in [1.29, 1.82) is 0 Å². The number of aromatic nitrogens is 2. The van der Waals surface area contributed by atoms with Crippen molar-refractivity contribution in [2.75, 3.05) is 80.7 Å². The number of unbranched alkanes of at least 4 members (excludes halogenated alkanes) is 3. The van der Waals surface area contributed by atoms with Crippen LogP contribution in [-0.4, -0.2) is 185 Å². The molecule has 2 aromatic carbocycles. The van der Waals surface area contributed by atoms with E-state index in [0.29, 0.717) is 161 Å². The molecule has 0 spiro atoms. The summed E-state index contributed by atoms with van der Waals surface area (Å²) in [5, 5.41) is 28.1. The Kier molecular flexibility index (Phi) is 26.4. The van der Waals surface area contributed by atoms with Gasteiger partial charge in [-0.05, 0) is 110 Å². The van der Waals surface area contributed by atoms with Crippen molar-refractivity contribution < 1.29 is 47.9 Å². The second kappa shape index (κ2) is 34.7. The van der Waals surface area contributed by atoms with Gasteiger partial charge in [0.05, 0.1) is 12.1 Å². The van der Waals surface area contributed by atoms with Gasteiger partial charge in [-0.25, -0.2) is 19.6 Å². The third-order valence-electron chi connectivity index (χ3n) is 17.6. The lowest BCUT2D eigenvalue weighted by Crippen LogP contribution is -2.59. The molecule has 4 saturated heterocycles. The first kappa shape index (κ1) is 70.8. The second-order valence-corrected chi connectivity index (χ2v) is 26.4. The molecule has 4 aliphatic rings. The molecule has 4 aromatic rings. The fourth-order valence-corrected chi connectivity index (χ4v) is 14.0. The number of nitrogens with two attached hydrogens (primary N) is 1. The maximum Gasteiger partial charge on any atom is 0.317 e. The average Bonchev–Trinajstić information content (AvgIpc) is 1.82. The molecule has 11 N–H and O–H groups in total. The predicted molar refractivity (Wildman–Crippen MR) is 359 cm³/mol. The molecule has 8 rings (SSSR count). The number of likely N-dealkylation sites (N-methyl/N-ethyl adjacent to an activating group) is 1. The van der Waals surface area contributed by atoms with E-state index >= 15 is 0 Å². The third kappa shape index (κ3) is 19.3. The van der Waals surface area contributed by atoms with Gasteiger partial charge in [0.1, 0.15) is 45.6 Å². The van der Waals surface area contributed by atoms with Gasteiger partial charge < -0.3 is 73.2 Å². The van der Waals surface area contributed by atoms with Gasteiger partial charge in [0, 0.05) is 76.3 Å². The number of nitrogens with one attached hydrogen (secondary N) is 9. The first-order valence-corrected chi connectivity index (χ1v) is 34.5. The maximum atomic E-state index is 14.7. The molecule has 12 amide bonds. The summed E-state index contributed by atoms with van der Waals surface area (Å²) < 4.78 is 0. The fraction of sp³-hybridized carbons (Fsp3) is 0.569. The van der Waals surface area contributed by atoms with Crippen LogP contribution >= 0.6 is 22.7 Å². The molecule has 0 radical (unpaired) electrons. The monoisotopic (exact) mass is 1320 g/mol. The Labute approximate surface area is 551 Å². The predicted octanol–water partition coefficient (Wildman–Crippen LogP) is 6.30. The molecule has 0 bridgehead atoms. The third-order valence-corrected chi connectivity index (χ3v) is 19.3. The summed E-state index contributed by atoms with van der Waals surface area (Å²) in [7, 11) is 1.66. The summed E-state index contributed by atoms with van der Waals surface area (Å²) >= 11 is 2.29. The first-order chi connectivity index (χ1) is 44.9. The van der Waals surface area contributed by atoms with Gasteiger partial charge in [-0.3, -0.25) is 38.4 Å². The highest BCUT2D eigenvalue weighted by Crippen LogP contribution is 2.39. The number of urea groups is 2. The number of carbonyl (C=O) groups is 10. The SMILES string of the molecule is CCCC(=O)Nc1nc(-c2ccccc2)c(NC(=O)[C@@H]2CCCN2C(=O)[C@@H](NC(=O)[C@H](C)N)C2CCN(C(=O)NCCCCCCNC(=O)N3CCC([C@H](NC(=O)[C@H](C)NC)C(=O)N4CCC[C@H]4C(=O)Nc4sc(NC(=O)CCC)nc4-c4ccccc4)CC3)CC2)s1. The molecule has 6 heterocycles. The van der Waals surface area contributed by atoms with Gasteiger partial charge in [-0.1, -0.05) is 110 Å². The highest BCUT2D eigenvalue weighted by Gasteiger charge is 2.44. The fourth-order valence-electron chi connectivity index (χ4n) is 12.2. The number of piperidine rings is 2. The van der Waals surface area contributed by atoms with Crippen LogP contribution in [0, 0.1) is 11.8 Å². The maximum absolute atomic E-state index is 14.7. The smallest absolute Gasteiger partial charge is 0.317 e. The van der Waals surface area contributed by atoms with Crippen molar-refractivity contribution in [1.82, 2.24) is 56.2 Å². The Morgan fingerprint density at radius 2 is 0.935 bits per heavy atom. The molecule has 6 atom stereocenters. The molecular formula is C65H92N16O10S2. The van der Waals surface area contributed by atoms with E-state index < -0.39 is 54.0 Å². The largest absolute Gasteiger partial charge is 0.343 e. The van der Waals surface area contributed by atoms with Crippen LogP contribution in [0.5, 0.6) is 0 Å². The lowest BCUT2D eigenvalue weighted by atomic mass is 9.88. The van der Waals surface area contributed by atoms with Gasteiger partial charge in [-0.2, -0.15) is 0 Å². The van der Waals surface area contributed by atoms with Gasteiger partial charge in [0.15, 0.2) is 10.3 Å². The summed E-state index contributed by atoms with van der Waals surface area (Å²) in [4.78, 5) is 152. The minimum atomic E-state index is -0.973. The van der Waals surface area contributed by atoms with Crippen LogP contribution < -0.4 is 53.6 Å². The number of hydrogen-bond acceptors (Lipinski definition) is 16. The first-order valence-electron chi connectivity index (χ1n) is 32.9. The molecule has 28 heteroatoms. The molecule has 2 aromatic heterocycles. The Bertz CT molecular complexity index is 3220. The molecule has 0 aliphatic carbocycles. The van der Waals surface area contributed by atoms with Gasteiger partial charge >= 0.3 is 12.1 Å². The van der Waals surface area contributed by atoms with E-state index in [0.717, 1.165) is 59.5 Å². The number of amides is 12. The van der Waals surface area contributed by atoms with Gasteiger partial charge in [0.25, 0.3) is 0 Å². The molecule has 0 saturated carbocycles. The molecule has 504 valence electrons. The van der Waals surface area contributed by atoms with Crippen LogP contribution in [0.1, 0.15) is 130 Å². The quantitative estimate of drug-likeness (QED) is 0.0279. The normalized spacial score (nSPS) is 18.2. The molecule has 0 unspecified atom stereocenters. The minimum absolute atomic E-state index is 0.183. The van der Waals surface area contributed by atoms with E-state index in [1.165, 1.54) is 11.8 Å². The van der Waals surface area contributed by atoms with E-state index in [-0.39, 0.29) is 53.4 Å². The summed E-state index contributed by atoms with van der Waals surface area (Å²) in [5.74, 6) is -3.39. The Hall–Kier alpha value is -8.08. The highest BCUT2D eigenvalue weighted by atomic mass is 32.1. The van der Waals surface area contributed by atoms with Crippen molar-refractivity contribution in [2.24, 2.45) is 17.6 Å². The zero-order chi connectivity index (χ0) is 66.6. The number of likely N-dealkylation sites (tertiary alicyclic amines) is 4. The number of thiazole rings is 2. The standard InChI is InChI=1S/C65H92N16O10S2/c1-6-20-48(82)70-62-74-50(42-22-12-10-13-23-42)58(92-62)76-56(86)46-26-18-34-80(46)60(88)52(72-54(84)40(3)66)44-28-36-78(37-29-44)64(90)68-32-16-8-9-17-33-69-65(91)79-38-30-45(31-39-79)53(73-55(85)41(4)67-5)61(89)81-35-19-27-47(81)57(87)77-59-51(43-24-14-11-15-25-43)75-63(93-59)71-49(83)21-7-2/h10-15,22-25,40-41,44-47,52-53,67H,6-9,16-21,26-39,66H2,1-5H3,(H,68,90)(H,69,91)(H,72,84)(H,73,85)(H,76,86)(H,77,87)(H,70,74,82)(H,71,75,83)/t40-,41-,46-,47-,52-,53-/m0/s1. The lowest BCUT2D eigenvalue weighted by molar-refractivity contribution is -0.142. The lowest BCUT2D eigenvalue weighted by Gasteiger charge is -2.38. The number of anilines is 4. The minimum Gasteiger partial charge on any atom is -0.343 e. The summed E-state index contributed by atoms with van der Waals surface area (Å²) in [6.45, 7) is 10.0. The summed E-state index contributed by atoms with van der Waals surface area (Å²) in [6, 6.07) is 13.2. The Morgan fingerprint density at radius 3 is 1.31 bits per heavy atom. The van der Waals surface area contributed by atoms with Crippen molar-refractivity contribution in [2.45, 2.75) is 167 Å². The van der Waals surface area contributed by atoms with Crippen LogP contribution in [0.4, 0.5) is 29.9 Å². The number of hydrogen-bond donors (Lipinski definition) is 10. The van der Waals surface area contributed by atoms with Crippen molar-refractivity contribution in [3.8, 4) is 22.5 Å². The van der Waals surface area contributed by atoms with Gasteiger partial charge in [-0.15, -0.1) is 0 Å². The molecule has 26 nitrogen and oxygen atoms in total. The van der Waals surface area contributed by atoms with E-state index in [1.54, 1.807) is 28.7 Å². The van der Waals surface area contributed by atoms with Crippen LogP contribution in [0.2, 0.25) is 0 Å². The van der Waals surface area contributed by atoms with E-state index in [2.05, 4.69) is 57.8 Å². The Balaban J connectivity index is 0.759. The highest BCUT2D eigenvalue weighted by molar-refractivity contribution is 7.20. The Morgan fingerprint density at radius 1 is 0.538 bits per heavy atom. The zero-order valence-corrected chi connectivity index (χ0v) is 55.7. The van der Waals surface area contributed by atoms with E-state index in [1.807, 2.05) is 74.5 Å². The van der Waals surface area contributed by atoms with Crippen molar-refractivity contribution in [3.63, 3.8) is 0 Å². The number of rotatable bonds is 28. The molecule has 4 aliphatic heterocycles. The van der Waals surface area contributed by atoms with Gasteiger partial charge in [0.2, 0.25) is 47.3 Å².